The van der Waals surface area contributed by atoms with Crippen molar-refractivity contribution in [3.8, 4) is 0 Å². The van der Waals surface area contributed by atoms with Crippen LogP contribution >= 0.6 is 0 Å². The summed E-state index contributed by atoms with van der Waals surface area (Å²) in [5.74, 6) is 0. The highest BCUT2D eigenvalue weighted by molar-refractivity contribution is 5.48. The molecule has 1 aromatic carbocycles. The van der Waals surface area contributed by atoms with E-state index in [2.05, 4.69) is 26.0 Å². The molecule has 0 aliphatic heterocycles. The Bertz CT molecular complexity index is 341. The number of rotatable bonds is 3. The van der Waals surface area contributed by atoms with E-state index in [4.69, 9.17) is 4.74 Å². The summed E-state index contributed by atoms with van der Waals surface area (Å²) in [7, 11) is 1.78. The first kappa shape index (κ1) is 9.72. The Kier molecular flexibility index (Phi) is 2.60. The average Bonchev–Trinajstić information content (AvgIpc) is 2.17. The lowest BCUT2D eigenvalue weighted by Crippen LogP contribution is -2.16. The summed E-state index contributed by atoms with van der Waals surface area (Å²) >= 11 is 0. The van der Waals surface area contributed by atoms with Gasteiger partial charge in [0.1, 0.15) is 0 Å². The van der Waals surface area contributed by atoms with Crippen molar-refractivity contribution in [1.29, 1.82) is 0 Å². The van der Waals surface area contributed by atoms with Crippen molar-refractivity contribution >= 4 is 0 Å². The van der Waals surface area contributed by atoms with Gasteiger partial charge >= 0.3 is 0 Å². The van der Waals surface area contributed by atoms with Gasteiger partial charge in [0, 0.05) is 7.11 Å². The normalized spacial score (nSPS) is 15.9. The molecule has 14 heavy (non-hydrogen) atoms. The summed E-state index contributed by atoms with van der Waals surface area (Å²) in [4.78, 5) is 0. The third kappa shape index (κ3) is 1.36. The van der Waals surface area contributed by atoms with E-state index in [9.17, 15) is 0 Å². The fourth-order valence-corrected chi connectivity index (χ4v) is 2.28. The van der Waals surface area contributed by atoms with E-state index in [1.165, 1.54) is 24.0 Å². The maximum absolute atomic E-state index is 5.38. The van der Waals surface area contributed by atoms with E-state index in [-0.39, 0.29) is 6.10 Å². The third-order valence-electron chi connectivity index (χ3n) is 3.36. The van der Waals surface area contributed by atoms with Gasteiger partial charge in [-0.3, -0.25) is 0 Å². The number of benzene rings is 1. The van der Waals surface area contributed by atoms with Gasteiger partial charge in [0.2, 0.25) is 0 Å². The quantitative estimate of drug-likeness (QED) is 0.711. The smallest absolute Gasteiger partial charge is 0.0795 e. The van der Waals surface area contributed by atoms with E-state index in [1.54, 1.807) is 18.2 Å². The molecule has 0 heterocycles. The molecular formula is C13H18O. The molecule has 1 heteroatoms. The summed E-state index contributed by atoms with van der Waals surface area (Å²) in [6.07, 6.45) is 3.91. The third-order valence-corrected chi connectivity index (χ3v) is 3.36. The molecule has 0 saturated heterocycles. The Hall–Kier alpha value is -0.820. The SMILES string of the molecule is CCc1ccc(C(C)OC)c2c1CC2. The van der Waals surface area contributed by atoms with Crippen LogP contribution in [0.1, 0.15) is 42.2 Å². The second kappa shape index (κ2) is 3.74. The summed E-state index contributed by atoms with van der Waals surface area (Å²) in [6, 6.07) is 4.51. The topological polar surface area (TPSA) is 9.23 Å². The number of aryl methyl sites for hydroxylation is 1. The van der Waals surface area contributed by atoms with Crippen LogP contribution in [0.2, 0.25) is 0 Å². The molecule has 1 atom stereocenters. The van der Waals surface area contributed by atoms with Gasteiger partial charge in [0.15, 0.2) is 0 Å². The maximum Gasteiger partial charge on any atom is 0.0795 e. The largest absolute Gasteiger partial charge is 0.377 e. The van der Waals surface area contributed by atoms with Gasteiger partial charge in [-0.1, -0.05) is 19.1 Å². The van der Waals surface area contributed by atoms with Crippen molar-refractivity contribution < 1.29 is 4.74 Å². The zero-order chi connectivity index (χ0) is 10.1. The van der Waals surface area contributed by atoms with Crippen LogP contribution in [0.15, 0.2) is 12.1 Å². The van der Waals surface area contributed by atoms with E-state index in [1.807, 2.05) is 0 Å². The molecule has 1 aromatic rings. The number of ether oxygens (including phenoxy) is 1. The minimum Gasteiger partial charge on any atom is -0.377 e. The van der Waals surface area contributed by atoms with E-state index in [0.717, 1.165) is 6.42 Å². The van der Waals surface area contributed by atoms with Crippen LogP contribution in [0.5, 0.6) is 0 Å². The molecule has 0 radical (unpaired) electrons. The highest BCUT2D eigenvalue weighted by Gasteiger charge is 2.22. The highest BCUT2D eigenvalue weighted by atomic mass is 16.5. The van der Waals surface area contributed by atoms with Crippen molar-refractivity contribution in [3.63, 3.8) is 0 Å². The van der Waals surface area contributed by atoms with Crippen molar-refractivity contribution in [1.82, 2.24) is 0 Å². The molecule has 1 aliphatic carbocycles. The van der Waals surface area contributed by atoms with Crippen molar-refractivity contribution in [2.45, 2.75) is 39.2 Å². The molecule has 0 N–H and O–H groups in total. The summed E-state index contributed by atoms with van der Waals surface area (Å²) in [5, 5.41) is 0. The lowest BCUT2D eigenvalue weighted by molar-refractivity contribution is 0.118. The Balaban J connectivity index is 2.41. The van der Waals surface area contributed by atoms with Gasteiger partial charge in [-0.15, -0.1) is 0 Å². The van der Waals surface area contributed by atoms with E-state index < -0.39 is 0 Å². The number of hydrogen-bond donors (Lipinski definition) is 0. The number of methoxy groups -OCH3 is 1. The van der Waals surface area contributed by atoms with Crippen LogP contribution in [0.3, 0.4) is 0 Å². The molecule has 76 valence electrons. The van der Waals surface area contributed by atoms with Crippen molar-refractivity contribution in [2.24, 2.45) is 0 Å². The van der Waals surface area contributed by atoms with Gasteiger partial charge in [-0.25, -0.2) is 0 Å². The van der Waals surface area contributed by atoms with Crippen LogP contribution in [0, 0.1) is 0 Å². The first-order valence-electron chi connectivity index (χ1n) is 5.44. The van der Waals surface area contributed by atoms with Crippen LogP contribution in [-0.2, 0) is 24.0 Å². The van der Waals surface area contributed by atoms with Gasteiger partial charge in [-0.05, 0) is 48.4 Å². The molecule has 0 saturated carbocycles. The van der Waals surface area contributed by atoms with Gasteiger partial charge in [-0.2, -0.15) is 0 Å². The zero-order valence-corrected chi connectivity index (χ0v) is 9.26. The highest BCUT2D eigenvalue weighted by Crippen LogP contribution is 2.34. The Morgan fingerprint density at radius 2 is 2.00 bits per heavy atom. The molecule has 2 rings (SSSR count). The summed E-state index contributed by atoms with van der Waals surface area (Å²) in [5.41, 5.74) is 6.07. The Labute approximate surface area is 86.1 Å². The molecule has 0 amide bonds. The Morgan fingerprint density at radius 1 is 1.29 bits per heavy atom. The number of fused-ring (bicyclic) bond motifs is 1. The first-order chi connectivity index (χ1) is 6.77. The lowest BCUT2D eigenvalue weighted by atomic mass is 9.79. The minimum atomic E-state index is 0.245. The molecule has 0 spiro atoms. The fraction of sp³-hybridized carbons (Fsp3) is 0.538. The summed E-state index contributed by atoms with van der Waals surface area (Å²) in [6.45, 7) is 4.35. The molecule has 0 bridgehead atoms. The van der Waals surface area contributed by atoms with Crippen molar-refractivity contribution in [2.75, 3.05) is 7.11 Å². The molecular weight excluding hydrogens is 172 g/mol. The van der Waals surface area contributed by atoms with Gasteiger partial charge in [0.05, 0.1) is 6.10 Å². The maximum atomic E-state index is 5.38. The van der Waals surface area contributed by atoms with E-state index >= 15 is 0 Å². The summed E-state index contributed by atoms with van der Waals surface area (Å²) < 4.78 is 5.38. The molecule has 0 fully saturated rings. The fourth-order valence-electron chi connectivity index (χ4n) is 2.28. The van der Waals surface area contributed by atoms with Crippen LogP contribution in [0.4, 0.5) is 0 Å². The van der Waals surface area contributed by atoms with Crippen molar-refractivity contribution in [3.05, 3.63) is 34.4 Å². The standard InChI is InChI=1S/C13H18O/c1-4-10-5-6-11(9(2)14-3)13-8-7-12(10)13/h5-6,9H,4,7-8H2,1-3H3. The predicted octanol–water partition coefficient (Wildman–Crippen LogP) is 3.06. The van der Waals surface area contributed by atoms with Gasteiger partial charge in [0.25, 0.3) is 0 Å². The van der Waals surface area contributed by atoms with E-state index in [0.29, 0.717) is 0 Å². The molecule has 1 aliphatic rings. The lowest BCUT2D eigenvalue weighted by Gasteiger charge is -2.27. The van der Waals surface area contributed by atoms with Crippen LogP contribution in [-0.4, -0.2) is 7.11 Å². The number of hydrogen-bond acceptors (Lipinski definition) is 1. The first-order valence-corrected chi connectivity index (χ1v) is 5.44. The Morgan fingerprint density at radius 3 is 2.50 bits per heavy atom. The molecule has 0 aromatic heterocycles. The zero-order valence-electron chi connectivity index (χ0n) is 9.26. The predicted molar refractivity (Wildman–Crippen MR) is 58.7 cm³/mol. The second-order valence-corrected chi connectivity index (χ2v) is 4.00. The van der Waals surface area contributed by atoms with Gasteiger partial charge < -0.3 is 4.74 Å². The molecule has 1 nitrogen and oxygen atoms in total. The second-order valence-electron chi connectivity index (χ2n) is 4.00. The monoisotopic (exact) mass is 190 g/mol. The van der Waals surface area contributed by atoms with Crippen LogP contribution in [0.25, 0.3) is 0 Å². The average molecular weight is 190 g/mol. The minimum absolute atomic E-state index is 0.245. The van der Waals surface area contributed by atoms with Crippen LogP contribution < -0.4 is 0 Å². The molecule has 1 unspecified atom stereocenters.